The molecule has 1 aliphatic carbocycles. The van der Waals surface area contributed by atoms with E-state index in [-0.39, 0.29) is 11.9 Å². The highest BCUT2D eigenvalue weighted by Crippen LogP contribution is 2.42. The van der Waals surface area contributed by atoms with Crippen LogP contribution in [0.1, 0.15) is 17.9 Å². The van der Waals surface area contributed by atoms with E-state index in [4.69, 9.17) is 5.73 Å². The lowest BCUT2D eigenvalue weighted by Gasteiger charge is -2.06. The van der Waals surface area contributed by atoms with Crippen molar-refractivity contribution in [1.82, 2.24) is 19.7 Å². The molecule has 0 amide bonds. The van der Waals surface area contributed by atoms with Crippen molar-refractivity contribution in [2.24, 2.45) is 7.05 Å². The quantitative estimate of drug-likeness (QED) is 0.773. The molecular formula is C15H15FN6. The zero-order valence-electron chi connectivity index (χ0n) is 12.0. The van der Waals surface area contributed by atoms with E-state index < -0.39 is 0 Å². The van der Waals surface area contributed by atoms with Gasteiger partial charge >= 0.3 is 0 Å². The molecule has 0 unspecified atom stereocenters. The minimum atomic E-state index is -0.216. The Morgan fingerprint density at radius 3 is 2.82 bits per heavy atom. The number of rotatable bonds is 3. The molecule has 2 aromatic heterocycles. The number of nitrogens with one attached hydrogen (secondary N) is 1. The van der Waals surface area contributed by atoms with E-state index in [9.17, 15) is 4.39 Å². The van der Waals surface area contributed by atoms with Crippen molar-refractivity contribution in [3.8, 4) is 0 Å². The standard InChI is InChI=1S/C15H15FN6/c1-22-14-11(7-18-22)13(17)20-15(21-14)19-12-6-10(12)8-2-4-9(16)5-3-8/h2-5,7,10,12H,6H2,1H3,(H3,17,19,20,21)/t10-,12+/m0/s1. The number of nitrogens with two attached hydrogens (primary N) is 1. The number of anilines is 2. The van der Waals surface area contributed by atoms with Crippen LogP contribution in [0.25, 0.3) is 11.0 Å². The van der Waals surface area contributed by atoms with E-state index in [2.05, 4.69) is 20.4 Å². The van der Waals surface area contributed by atoms with E-state index in [0.29, 0.717) is 23.3 Å². The van der Waals surface area contributed by atoms with Crippen LogP contribution in [0.5, 0.6) is 0 Å². The molecule has 7 heteroatoms. The number of aryl methyl sites for hydroxylation is 1. The van der Waals surface area contributed by atoms with Crippen LogP contribution >= 0.6 is 0 Å². The summed E-state index contributed by atoms with van der Waals surface area (Å²) in [5, 5.41) is 8.18. The van der Waals surface area contributed by atoms with Gasteiger partial charge in [0.15, 0.2) is 5.65 Å². The molecule has 3 aromatic rings. The number of nitrogens with zero attached hydrogens (tertiary/aromatic N) is 4. The summed E-state index contributed by atoms with van der Waals surface area (Å²) in [6.45, 7) is 0. The summed E-state index contributed by atoms with van der Waals surface area (Å²) in [4.78, 5) is 8.74. The molecule has 1 fully saturated rings. The molecule has 1 saturated carbocycles. The Morgan fingerprint density at radius 1 is 1.27 bits per heavy atom. The fraction of sp³-hybridized carbons (Fsp3) is 0.267. The molecule has 0 bridgehead atoms. The van der Waals surface area contributed by atoms with Crippen molar-refractivity contribution in [3.05, 3.63) is 41.8 Å². The van der Waals surface area contributed by atoms with Crippen molar-refractivity contribution in [3.63, 3.8) is 0 Å². The smallest absolute Gasteiger partial charge is 0.226 e. The average molecular weight is 298 g/mol. The molecule has 3 N–H and O–H groups in total. The van der Waals surface area contributed by atoms with Gasteiger partial charge in [-0.3, -0.25) is 4.68 Å². The number of nitrogen functional groups attached to an aromatic ring is 1. The van der Waals surface area contributed by atoms with Crippen LogP contribution < -0.4 is 11.1 Å². The fourth-order valence-electron chi connectivity index (χ4n) is 2.71. The zero-order chi connectivity index (χ0) is 15.3. The molecule has 4 rings (SSSR count). The van der Waals surface area contributed by atoms with Crippen molar-refractivity contribution in [1.29, 1.82) is 0 Å². The fourth-order valence-corrected chi connectivity index (χ4v) is 2.71. The molecule has 0 radical (unpaired) electrons. The number of hydrogen-bond donors (Lipinski definition) is 2. The second-order valence-electron chi connectivity index (χ2n) is 5.58. The van der Waals surface area contributed by atoms with E-state index in [1.165, 1.54) is 12.1 Å². The summed E-state index contributed by atoms with van der Waals surface area (Å²) in [7, 11) is 1.82. The summed E-state index contributed by atoms with van der Waals surface area (Å²) >= 11 is 0. The summed E-state index contributed by atoms with van der Waals surface area (Å²) in [5.41, 5.74) is 7.76. The van der Waals surface area contributed by atoms with Crippen LogP contribution in [0.2, 0.25) is 0 Å². The van der Waals surface area contributed by atoms with Crippen LogP contribution in [0.3, 0.4) is 0 Å². The van der Waals surface area contributed by atoms with Crippen molar-refractivity contribution >= 4 is 22.8 Å². The van der Waals surface area contributed by atoms with Gasteiger partial charge in [0.05, 0.1) is 11.6 Å². The summed E-state index contributed by atoms with van der Waals surface area (Å²) < 4.78 is 14.6. The van der Waals surface area contributed by atoms with Gasteiger partial charge in [-0.1, -0.05) is 12.1 Å². The first kappa shape index (κ1) is 13.0. The lowest BCUT2D eigenvalue weighted by molar-refractivity contribution is 0.627. The third-order valence-corrected chi connectivity index (χ3v) is 4.02. The first-order valence-electron chi connectivity index (χ1n) is 7.09. The molecule has 0 spiro atoms. The molecule has 1 aromatic carbocycles. The van der Waals surface area contributed by atoms with Gasteiger partial charge in [0.25, 0.3) is 0 Å². The van der Waals surface area contributed by atoms with Gasteiger partial charge in [0.2, 0.25) is 5.95 Å². The molecule has 112 valence electrons. The highest BCUT2D eigenvalue weighted by Gasteiger charge is 2.39. The zero-order valence-corrected chi connectivity index (χ0v) is 12.0. The predicted molar refractivity (Wildman–Crippen MR) is 81.9 cm³/mol. The SMILES string of the molecule is Cn1ncc2c(N)nc(N[C@@H]3C[C@H]3c3ccc(F)cc3)nc21. The third kappa shape index (κ3) is 2.14. The minimum absolute atomic E-state index is 0.216. The summed E-state index contributed by atoms with van der Waals surface area (Å²) in [6, 6.07) is 6.86. The lowest BCUT2D eigenvalue weighted by Crippen LogP contribution is -2.09. The van der Waals surface area contributed by atoms with Crippen LogP contribution in [0.4, 0.5) is 16.2 Å². The molecule has 0 saturated heterocycles. The maximum absolute atomic E-state index is 13.0. The Hall–Kier alpha value is -2.70. The molecule has 2 heterocycles. The topological polar surface area (TPSA) is 81.7 Å². The highest BCUT2D eigenvalue weighted by molar-refractivity contribution is 5.86. The van der Waals surface area contributed by atoms with Crippen LogP contribution in [0, 0.1) is 5.82 Å². The molecule has 22 heavy (non-hydrogen) atoms. The first-order valence-corrected chi connectivity index (χ1v) is 7.09. The summed E-state index contributed by atoms with van der Waals surface area (Å²) in [6.07, 6.45) is 2.63. The van der Waals surface area contributed by atoms with E-state index in [1.807, 2.05) is 19.2 Å². The van der Waals surface area contributed by atoms with E-state index in [1.54, 1.807) is 10.9 Å². The van der Waals surface area contributed by atoms with Gasteiger partial charge in [-0.25, -0.2) is 4.39 Å². The number of aromatic nitrogens is 4. The van der Waals surface area contributed by atoms with Gasteiger partial charge in [-0.2, -0.15) is 15.1 Å². The normalized spacial score (nSPS) is 20.3. The van der Waals surface area contributed by atoms with Crippen LogP contribution in [-0.4, -0.2) is 25.8 Å². The Labute approximate surface area is 126 Å². The second kappa shape index (κ2) is 4.66. The lowest BCUT2D eigenvalue weighted by atomic mass is 10.1. The van der Waals surface area contributed by atoms with Gasteiger partial charge in [0, 0.05) is 19.0 Å². The van der Waals surface area contributed by atoms with E-state index >= 15 is 0 Å². The van der Waals surface area contributed by atoms with Gasteiger partial charge in [0.1, 0.15) is 11.6 Å². The number of halogens is 1. The largest absolute Gasteiger partial charge is 0.383 e. The van der Waals surface area contributed by atoms with Gasteiger partial charge in [-0.05, 0) is 24.1 Å². The average Bonchev–Trinajstić information content (AvgIpc) is 3.15. The Kier molecular flexibility index (Phi) is 2.75. The molecule has 6 nitrogen and oxygen atoms in total. The van der Waals surface area contributed by atoms with Gasteiger partial charge < -0.3 is 11.1 Å². The third-order valence-electron chi connectivity index (χ3n) is 4.02. The predicted octanol–water partition coefficient (Wildman–Crippen LogP) is 2.05. The highest BCUT2D eigenvalue weighted by atomic mass is 19.1. The molecule has 2 atom stereocenters. The number of hydrogen-bond acceptors (Lipinski definition) is 5. The Balaban J connectivity index is 1.55. The first-order chi connectivity index (χ1) is 10.6. The molecule has 0 aliphatic heterocycles. The van der Waals surface area contributed by atoms with Crippen LogP contribution in [0.15, 0.2) is 30.5 Å². The second-order valence-corrected chi connectivity index (χ2v) is 5.58. The van der Waals surface area contributed by atoms with E-state index in [0.717, 1.165) is 17.4 Å². The minimum Gasteiger partial charge on any atom is -0.383 e. The number of fused-ring (bicyclic) bond motifs is 1. The molecular weight excluding hydrogens is 283 g/mol. The summed E-state index contributed by atoms with van der Waals surface area (Å²) in [5.74, 6) is 1.06. The Morgan fingerprint density at radius 2 is 2.05 bits per heavy atom. The maximum atomic E-state index is 13.0. The monoisotopic (exact) mass is 298 g/mol. The number of benzene rings is 1. The molecule has 1 aliphatic rings. The Bertz CT molecular complexity index is 841. The van der Waals surface area contributed by atoms with Crippen LogP contribution in [-0.2, 0) is 7.05 Å². The maximum Gasteiger partial charge on any atom is 0.226 e. The van der Waals surface area contributed by atoms with Crippen molar-refractivity contribution < 1.29 is 4.39 Å². The van der Waals surface area contributed by atoms with Crippen molar-refractivity contribution in [2.45, 2.75) is 18.4 Å². The van der Waals surface area contributed by atoms with Gasteiger partial charge in [-0.15, -0.1) is 0 Å². The van der Waals surface area contributed by atoms with Crippen molar-refractivity contribution in [2.75, 3.05) is 11.1 Å².